The van der Waals surface area contributed by atoms with Crippen molar-refractivity contribution in [3.63, 3.8) is 0 Å². The van der Waals surface area contributed by atoms with E-state index in [0.717, 1.165) is 0 Å². The summed E-state index contributed by atoms with van der Waals surface area (Å²) in [7, 11) is 0. The second-order valence-corrected chi connectivity index (χ2v) is 5.32. The lowest BCUT2D eigenvalue weighted by Gasteiger charge is -2.09. The highest BCUT2D eigenvalue weighted by Gasteiger charge is 1.99. The highest BCUT2D eigenvalue weighted by Crippen LogP contribution is 2.19. The van der Waals surface area contributed by atoms with Crippen LogP contribution in [0, 0.1) is 0 Å². The average Bonchev–Trinajstić information content (AvgIpc) is 2.36. The maximum absolute atomic E-state index is 2.31. The maximum atomic E-state index is 2.31. The van der Waals surface area contributed by atoms with Gasteiger partial charge in [-0.2, -0.15) is 0 Å². The van der Waals surface area contributed by atoms with Gasteiger partial charge in [-0.15, -0.1) is 0 Å². The Balaban J connectivity index is 3.44. The van der Waals surface area contributed by atoms with Crippen LogP contribution in [0.25, 0.3) is 0 Å². The van der Waals surface area contributed by atoms with Gasteiger partial charge in [0.05, 0.1) is 0 Å². The second kappa shape index (κ2) is 12.2. The van der Waals surface area contributed by atoms with Crippen LogP contribution in [0.2, 0.25) is 0 Å². The van der Waals surface area contributed by atoms with E-state index < -0.39 is 0 Å². The van der Waals surface area contributed by atoms with Crippen molar-refractivity contribution in [2.75, 3.05) is 0 Å². The summed E-state index contributed by atoms with van der Waals surface area (Å²) in [6.07, 6.45) is 15.3. The molecule has 17 heavy (non-hydrogen) atoms. The van der Waals surface area contributed by atoms with Gasteiger partial charge in [0.1, 0.15) is 0 Å². The molecule has 0 saturated carbocycles. The first kappa shape index (κ1) is 16.7. The zero-order valence-electron chi connectivity index (χ0n) is 12.8. The third kappa shape index (κ3) is 9.44. The van der Waals surface area contributed by atoms with E-state index in [1.54, 1.807) is 11.1 Å². The molecule has 0 N–H and O–H groups in total. The normalized spacial score (nSPS) is 12.7. The van der Waals surface area contributed by atoms with Crippen molar-refractivity contribution in [1.82, 2.24) is 0 Å². The molecule has 0 amide bonds. The molecular weight excluding hydrogens is 204 g/mol. The zero-order chi connectivity index (χ0) is 12.9. The van der Waals surface area contributed by atoms with Crippen LogP contribution in [0.4, 0.5) is 0 Å². The molecule has 0 bridgehead atoms. The largest absolute Gasteiger partial charge is 0.0744 e. The van der Waals surface area contributed by atoms with Gasteiger partial charge in [-0.05, 0) is 32.6 Å². The van der Waals surface area contributed by atoms with Crippen molar-refractivity contribution in [2.45, 2.75) is 98.3 Å². The van der Waals surface area contributed by atoms with Crippen LogP contribution in [0.3, 0.4) is 0 Å². The summed E-state index contributed by atoms with van der Waals surface area (Å²) in [6.45, 7) is 9.18. The van der Waals surface area contributed by atoms with Crippen LogP contribution in [0.15, 0.2) is 11.1 Å². The molecule has 0 aliphatic rings. The van der Waals surface area contributed by atoms with Crippen molar-refractivity contribution in [3.05, 3.63) is 11.1 Å². The monoisotopic (exact) mass is 238 g/mol. The van der Waals surface area contributed by atoms with Gasteiger partial charge in [-0.25, -0.2) is 0 Å². The van der Waals surface area contributed by atoms with Gasteiger partial charge in [0.2, 0.25) is 0 Å². The van der Waals surface area contributed by atoms with E-state index in [1.165, 1.54) is 70.6 Å². The topological polar surface area (TPSA) is 0 Å². The summed E-state index contributed by atoms with van der Waals surface area (Å²) in [6, 6.07) is 0. The predicted molar refractivity (Wildman–Crippen MR) is 80.5 cm³/mol. The van der Waals surface area contributed by atoms with Crippen molar-refractivity contribution in [2.24, 2.45) is 0 Å². The van der Waals surface area contributed by atoms with Crippen LogP contribution in [-0.2, 0) is 0 Å². The zero-order valence-corrected chi connectivity index (χ0v) is 12.8. The Morgan fingerprint density at radius 1 is 0.647 bits per heavy atom. The first-order valence-electron chi connectivity index (χ1n) is 7.93. The van der Waals surface area contributed by atoms with Crippen LogP contribution in [0.5, 0.6) is 0 Å². The van der Waals surface area contributed by atoms with E-state index in [-0.39, 0.29) is 0 Å². The molecule has 0 radical (unpaired) electrons. The fourth-order valence-electron chi connectivity index (χ4n) is 2.41. The Bertz CT molecular complexity index is 188. The number of unbranched alkanes of at least 4 members (excludes halogenated alkanes) is 7. The van der Waals surface area contributed by atoms with E-state index in [1.807, 2.05) is 0 Å². The fourth-order valence-corrected chi connectivity index (χ4v) is 2.41. The lowest BCUT2D eigenvalue weighted by Crippen LogP contribution is -1.88. The first-order valence-corrected chi connectivity index (χ1v) is 7.93. The molecule has 0 aliphatic carbocycles. The SMILES string of the molecule is CCCCCCCCCC/C(CC)=C(/C)CC. The number of hydrogen-bond donors (Lipinski definition) is 0. The van der Waals surface area contributed by atoms with E-state index >= 15 is 0 Å². The van der Waals surface area contributed by atoms with E-state index in [4.69, 9.17) is 0 Å². The van der Waals surface area contributed by atoms with Crippen LogP contribution in [0.1, 0.15) is 98.3 Å². The van der Waals surface area contributed by atoms with Crippen LogP contribution in [-0.4, -0.2) is 0 Å². The van der Waals surface area contributed by atoms with Gasteiger partial charge in [0.25, 0.3) is 0 Å². The molecule has 0 aromatic heterocycles. The van der Waals surface area contributed by atoms with E-state index in [9.17, 15) is 0 Å². The highest BCUT2D eigenvalue weighted by atomic mass is 14.1. The average molecular weight is 238 g/mol. The van der Waals surface area contributed by atoms with Gasteiger partial charge in [0.15, 0.2) is 0 Å². The number of rotatable bonds is 11. The molecular formula is C17H34. The summed E-state index contributed by atoms with van der Waals surface area (Å²) >= 11 is 0. The highest BCUT2D eigenvalue weighted by molar-refractivity contribution is 5.10. The Kier molecular flexibility index (Phi) is 12.0. The molecule has 0 atom stereocenters. The molecule has 102 valence electrons. The second-order valence-electron chi connectivity index (χ2n) is 5.32. The Morgan fingerprint density at radius 2 is 1.18 bits per heavy atom. The number of allylic oxidation sites excluding steroid dienone is 2. The summed E-state index contributed by atoms with van der Waals surface area (Å²) in [5, 5.41) is 0. The minimum atomic E-state index is 1.24. The van der Waals surface area contributed by atoms with Crippen LogP contribution >= 0.6 is 0 Å². The van der Waals surface area contributed by atoms with Gasteiger partial charge in [-0.1, -0.05) is 76.9 Å². The van der Waals surface area contributed by atoms with E-state index in [0.29, 0.717) is 0 Å². The molecule has 0 saturated heterocycles. The van der Waals surface area contributed by atoms with Gasteiger partial charge < -0.3 is 0 Å². The molecule has 0 unspecified atom stereocenters. The van der Waals surface area contributed by atoms with Gasteiger partial charge in [0, 0.05) is 0 Å². The van der Waals surface area contributed by atoms with Gasteiger partial charge >= 0.3 is 0 Å². The number of hydrogen-bond acceptors (Lipinski definition) is 0. The third-order valence-corrected chi connectivity index (χ3v) is 3.89. The molecule has 0 rings (SSSR count). The van der Waals surface area contributed by atoms with Crippen molar-refractivity contribution >= 4 is 0 Å². The minimum absolute atomic E-state index is 1.24. The molecule has 0 fully saturated rings. The summed E-state index contributed by atoms with van der Waals surface area (Å²) in [4.78, 5) is 0. The summed E-state index contributed by atoms with van der Waals surface area (Å²) in [5.74, 6) is 0. The Labute approximate surface area is 110 Å². The van der Waals surface area contributed by atoms with Crippen molar-refractivity contribution in [1.29, 1.82) is 0 Å². The Hall–Kier alpha value is -0.260. The smallest absolute Gasteiger partial charge is 0.0318 e. The molecule has 0 aromatic rings. The molecule has 0 aliphatic heterocycles. The van der Waals surface area contributed by atoms with Gasteiger partial charge in [-0.3, -0.25) is 0 Å². The first-order chi connectivity index (χ1) is 8.26. The fraction of sp³-hybridized carbons (Fsp3) is 0.882. The lowest BCUT2D eigenvalue weighted by atomic mass is 9.98. The van der Waals surface area contributed by atoms with Crippen molar-refractivity contribution in [3.8, 4) is 0 Å². The standard InChI is InChI=1S/C17H34/c1-5-8-9-10-11-12-13-14-15-17(7-3)16(4)6-2/h5-15H2,1-4H3/b17-16-. The summed E-state index contributed by atoms with van der Waals surface area (Å²) < 4.78 is 0. The lowest BCUT2D eigenvalue weighted by molar-refractivity contribution is 0.572. The predicted octanol–water partition coefficient (Wildman–Crippen LogP) is 6.65. The molecule has 0 nitrogen and oxygen atoms in total. The molecule has 0 heterocycles. The third-order valence-electron chi connectivity index (χ3n) is 3.89. The minimum Gasteiger partial charge on any atom is -0.0744 e. The van der Waals surface area contributed by atoms with E-state index in [2.05, 4.69) is 27.7 Å². The maximum Gasteiger partial charge on any atom is -0.0318 e. The molecule has 0 spiro atoms. The molecule has 0 aromatic carbocycles. The van der Waals surface area contributed by atoms with Crippen LogP contribution < -0.4 is 0 Å². The summed E-state index contributed by atoms with van der Waals surface area (Å²) in [5.41, 5.74) is 3.36. The quantitative estimate of drug-likeness (QED) is 0.279. The molecule has 0 heteroatoms. The Morgan fingerprint density at radius 3 is 1.65 bits per heavy atom. The van der Waals surface area contributed by atoms with Crippen molar-refractivity contribution < 1.29 is 0 Å².